The van der Waals surface area contributed by atoms with E-state index < -0.39 is 0 Å². The molecule has 0 bridgehead atoms. The van der Waals surface area contributed by atoms with E-state index in [0.29, 0.717) is 0 Å². The summed E-state index contributed by atoms with van der Waals surface area (Å²) in [5.74, 6) is 0. The van der Waals surface area contributed by atoms with Crippen molar-refractivity contribution in [3.05, 3.63) is 37.5 Å². The van der Waals surface area contributed by atoms with Gasteiger partial charge in [-0.3, -0.25) is 0 Å². The van der Waals surface area contributed by atoms with Crippen molar-refractivity contribution in [2.75, 3.05) is 0 Å². The second-order valence-electron chi connectivity index (χ2n) is 2.32. The SMILES string of the molecule is Cc1cccc2n[c-][nH]c12.[CH3-].[Y]. The molecule has 0 aliphatic heterocycles. The molecule has 1 aromatic carbocycles. The number of nitrogens with one attached hydrogen (secondary N) is 1. The first-order valence-electron chi connectivity index (χ1n) is 3.19. The predicted octanol–water partition coefficient (Wildman–Crippen LogP) is 2.12. The van der Waals surface area contributed by atoms with E-state index in [0.717, 1.165) is 11.0 Å². The Morgan fingerprint density at radius 3 is 2.83 bits per heavy atom. The van der Waals surface area contributed by atoms with Gasteiger partial charge in [-0.25, -0.2) is 0 Å². The first-order chi connectivity index (χ1) is 4.88. The zero-order chi connectivity index (χ0) is 6.97. The number of aromatic nitrogens is 2. The van der Waals surface area contributed by atoms with Gasteiger partial charge in [0.05, 0.1) is 0 Å². The summed E-state index contributed by atoms with van der Waals surface area (Å²) in [5, 5.41) is 0. The van der Waals surface area contributed by atoms with Crippen molar-refractivity contribution in [1.82, 2.24) is 9.97 Å². The van der Waals surface area contributed by atoms with E-state index >= 15 is 0 Å². The van der Waals surface area contributed by atoms with Crippen LogP contribution in [0.4, 0.5) is 0 Å². The molecule has 2 aromatic rings. The van der Waals surface area contributed by atoms with Crippen LogP contribution in [0, 0.1) is 20.7 Å². The molecule has 3 heteroatoms. The van der Waals surface area contributed by atoms with Crippen molar-refractivity contribution in [2.45, 2.75) is 6.92 Å². The molecule has 0 aliphatic rings. The van der Waals surface area contributed by atoms with Gasteiger partial charge in [-0.1, -0.05) is 35.7 Å². The van der Waals surface area contributed by atoms with E-state index in [4.69, 9.17) is 0 Å². The summed E-state index contributed by atoms with van der Waals surface area (Å²) < 4.78 is 0. The molecule has 0 saturated carbocycles. The Hall–Kier alpha value is -0.206. The van der Waals surface area contributed by atoms with Crippen molar-refractivity contribution in [3.63, 3.8) is 0 Å². The van der Waals surface area contributed by atoms with Crippen molar-refractivity contribution >= 4 is 11.0 Å². The van der Waals surface area contributed by atoms with Gasteiger partial charge in [0.2, 0.25) is 0 Å². The minimum Gasteiger partial charge on any atom is -0.460 e. The van der Waals surface area contributed by atoms with Crippen molar-refractivity contribution < 1.29 is 32.7 Å². The van der Waals surface area contributed by atoms with Crippen LogP contribution in [0.2, 0.25) is 0 Å². The number of rotatable bonds is 0. The molecule has 0 atom stereocenters. The molecule has 0 amide bonds. The number of H-pyrrole nitrogens is 1. The smallest absolute Gasteiger partial charge is 0 e. The van der Waals surface area contributed by atoms with Gasteiger partial charge in [0, 0.05) is 32.7 Å². The van der Waals surface area contributed by atoms with Gasteiger partial charge in [0.25, 0.3) is 0 Å². The quantitative estimate of drug-likeness (QED) is 0.696. The Morgan fingerprint density at radius 1 is 1.42 bits per heavy atom. The summed E-state index contributed by atoms with van der Waals surface area (Å²) >= 11 is 0. The van der Waals surface area contributed by atoms with E-state index in [1.807, 2.05) is 25.1 Å². The minimum atomic E-state index is 0. The van der Waals surface area contributed by atoms with Gasteiger partial charge < -0.3 is 17.4 Å². The van der Waals surface area contributed by atoms with Gasteiger partial charge in [0.15, 0.2) is 0 Å². The molecule has 1 radical (unpaired) electrons. The summed E-state index contributed by atoms with van der Waals surface area (Å²) in [7, 11) is 0. The molecule has 0 fully saturated rings. The molecule has 1 aromatic heterocycles. The predicted molar refractivity (Wildman–Crippen MR) is 46.1 cm³/mol. The second kappa shape index (κ2) is 4.73. The molecule has 1 N–H and O–H groups in total. The van der Waals surface area contributed by atoms with Gasteiger partial charge in [-0.05, 0) is 6.33 Å². The maximum Gasteiger partial charge on any atom is 0 e. The fourth-order valence-electron chi connectivity index (χ4n) is 1.05. The minimum absolute atomic E-state index is 0. The summed E-state index contributed by atoms with van der Waals surface area (Å²) in [6, 6.07) is 6.01. The number of imidazole rings is 1. The molecule has 1 heterocycles. The van der Waals surface area contributed by atoms with E-state index in [-0.39, 0.29) is 40.1 Å². The van der Waals surface area contributed by atoms with Crippen LogP contribution in [-0.2, 0) is 32.7 Å². The molecule has 2 nitrogen and oxygen atoms in total. The fraction of sp³-hybridized carbons (Fsp3) is 0.111. The molecule has 0 aliphatic carbocycles. The van der Waals surface area contributed by atoms with Gasteiger partial charge >= 0.3 is 0 Å². The van der Waals surface area contributed by atoms with Crippen LogP contribution in [0.25, 0.3) is 11.0 Å². The molecule has 0 saturated heterocycles. The molecule has 0 unspecified atom stereocenters. The van der Waals surface area contributed by atoms with Gasteiger partial charge in [-0.2, -0.15) is 0 Å². The van der Waals surface area contributed by atoms with Crippen molar-refractivity contribution in [1.29, 1.82) is 0 Å². The maximum atomic E-state index is 4.00. The van der Waals surface area contributed by atoms with E-state index in [2.05, 4.69) is 16.3 Å². The Labute approximate surface area is 97.7 Å². The summed E-state index contributed by atoms with van der Waals surface area (Å²) in [6.07, 6.45) is 2.70. The average molecular weight is 235 g/mol. The third-order valence-corrected chi connectivity index (χ3v) is 1.61. The topological polar surface area (TPSA) is 28.7 Å². The molecule has 61 valence electrons. The number of aromatic amines is 1. The monoisotopic (exact) mass is 235 g/mol. The summed E-state index contributed by atoms with van der Waals surface area (Å²) in [5.41, 5.74) is 3.29. The van der Waals surface area contributed by atoms with Crippen LogP contribution in [-0.4, -0.2) is 9.97 Å². The second-order valence-corrected chi connectivity index (χ2v) is 2.32. The number of benzene rings is 1. The third kappa shape index (κ3) is 1.93. The van der Waals surface area contributed by atoms with Crippen molar-refractivity contribution in [2.24, 2.45) is 0 Å². The van der Waals surface area contributed by atoms with Crippen LogP contribution in [0.5, 0.6) is 0 Å². The number of nitrogens with zero attached hydrogens (tertiary/aromatic N) is 1. The Kier molecular flexibility index (Phi) is 4.65. The van der Waals surface area contributed by atoms with Gasteiger partial charge in [0.1, 0.15) is 0 Å². The van der Waals surface area contributed by atoms with Crippen LogP contribution in [0.3, 0.4) is 0 Å². The fourth-order valence-corrected chi connectivity index (χ4v) is 1.05. The number of hydrogen-bond acceptors (Lipinski definition) is 1. The Morgan fingerprint density at radius 2 is 2.17 bits per heavy atom. The van der Waals surface area contributed by atoms with Crippen LogP contribution in [0.15, 0.2) is 18.2 Å². The summed E-state index contributed by atoms with van der Waals surface area (Å²) in [6.45, 7) is 2.05. The normalized spacial score (nSPS) is 8.75. The average Bonchev–Trinajstić information content (AvgIpc) is 2.36. The van der Waals surface area contributed by atoms with Crippen LogP contribution in [0.1, 0.15) is 5.56 Å². The first kappa shape index (κ1) is 11.8. The Bertz CT molecular complexity index is 354. The molecule has 12 heavy (non-hydrogen) atoms. The number of para-hydroxylation sites is 1. The van der Waals surface area contributed by atoms with E-state index in [1.54, 1.807) is 0 Å². The molecular formula is C9H10N2Y-2. The largest absolute Gasteiger partial charge is 0.460 e. The third-order valence-electron chi connectivity index (χ3n) is 1.61. The van der Waals surface area contributed by atoms with Crippen LogP contribution < -0.4 is 0 Å². The molecule has 2 rings (SSSR count). The van der Waals surface area contributed by atoms with E-state index in [1.165, 1.54) is 5.56 Å². The zero-order valence-electron chi connectivity index (χ0n) is 7.26. The number of fused-ring (bicyclic) bond motifs is 1. The van der Waals surface area contributed by atoms with Crippen LogP contribution >= 0.6 is 0 Å². The Balaban J connectivity index is 0.000000605. The first-order valence-corrected chi connectivity index (χ1v) is 3.19. The summed E-state index contributed by atoms with van der Waals surface area (Å²) in [4.78, 5) is 6.95. The molecular weight excluding hydrogens is 225 g/mol. The zero-order valence-corrected chi connectivity index (χ0v) is 10.1. The maximum absolute atomic E-state index is 4.00. The van der Waals surface area contributed by atoms with Gasteiger partial charge in [-0.15, -0.1) is 6.07 Å². The number of hydrogen-bond donors (Lipinski definition) is 1. The number of aryl methyl sites for hydroxylation is 1. The molecule has 0 spiro atoms. The van der Waals surface area contributed by atoms with E-state index in [9.17, 15) is 0 Å². The standard InChI is InChI=1S/C8H7N2.CH3.Y/c1-6-3-2-4-7-8(6)10-5-9-7;;/h2-4H,1H3,(H,9,10);1H3;/q2*-1;. The van der Waals surface area contributed by atoms with Crippen molar-refractivity contribution in [3.8, 4) is 0 Å².